The summed E-state index contributed by atoms with van der Waals surface area (Å²) in [7, 11) is 0. The highest BCUT2D eigenvalue weighted by Crippen LogP contribution is 2.56. The van der Waals surface area contributed by atoms with Crippen molar-refractivity contribution in [1.82, 2.24) is 0 Å². The Kier molecular flexibility index (Phi) is 5.06. The number of fused-ring (bicyclic) bond motifs is 5. The Morgan fingerprint density at radius 1 is 0.914 bits per heavy atom. The third-order valence-electron chi connectivity index (χ3n) is 8.57. The lowest BCUT2D eigenvalue weighted by molar-refractivity contribution is -0.139. The van der Waals surface area contributed by atoms with E-state index in [1.807, 2.05) is 32.0 Å². The molecule has 7 heteroatoms. The molecule has 0 N–H and O–H groups in total. The number of amides is 3. The fourth-order valence-electron chi connectivity index (χ4n) is 6.65. The number of carbonyl (C=O) groups is 4. The zero-order valence-corrected chi connectivity index (χ0v) is 19.9. The van der Waals surface area contributed by atoms with Crippen LogP contribution in [-0.2, 0) is 19.2 Å². The van der Waals surface area contributed by atoms with Gasteiger partial charge in [-0.25, -0.2) is 0 Å². The van der Waals surface area contributed by atoms with Gasteiger partial charge in [0.1, 0.15) is 5.75 Å². The lowest BCUT2D eigenvalue weighted by Crippen LogP contribution is -2.32. The first-order valence-electron chi connectivity index (χ1n) is 12.4. The Hall–Kier alpha value is -3.48. The van der Waals surface area contributed by atoms with E-state index in [1.165, 1.54) is 4.90 Å². The van der Waals surface area contributed by atoms with E-state index >= 15 is 0 Å². The summed E-state index contributed by atoms with van der Waals surface area (Å²) < 4.78 is 5.57. The molecule has 2 saturated carbocycles. The van der Waals surface area contributed by atoms with Crippen LogP contribution in [0.2, 0.25) is 0 Å². The second-order valence-electron chi connectivity index (χ2n) is 10.4. The largest absolute Gasteiger partial charge is 0.426 e. The molecule has 2 aliphatic heterocycles. The standard InChI is InChI=1S/C28H28N2O5/c1-15-4-3-5-22(16(15)2)29-14-19(13-23(29)31)28(34)35-21-10-8-20(9-11-21)30-26(32)24-17-6-7-18(12-17)25(24)27(30)33/h3-5,8-11,17-19,24-25H,6-7,12-14H2,1-2H3/t17-,18-,19+,24-,25+/m0/s1. The van der Waals surface area contributed by atoms with Gasteiger partial charge < -0.3 is 9.64 Å². The lowest BCUT2D eigenvalue weighted by Gasteiger charge is -2.20. The Morgan fingerprint density at radius 3 is 2.23 bits per heavy atom. The number of hydrogen-bond donors (Lipinski definition) is 0. The summed E-state index contributed by atoms with van der Waals surface area (Å²) in [6.07, 6.45) is 3.18. The molecule has 2 aromatic rings. The number of anilines is 2. The number of rotatable bonds is 4. The molecule has 0 unspecified atom stereocenters. The quantitative estimate of drug-likeness (QED) is 0.384. The van der Waals surface area contributed by atoms with Gasteiger partial charge in [-0.15, -0.1) is 0 Å². The first-order valence-corrected chi connectivity index (χ1v) is 12.4. The molecule has 2 bridgehead atoms. The first kappa shape index (κ1) is 22.0. The Labute approximate surface area is 204 Å². The highest BCUT2D eigenvalue weighted by molar-refractivity contribution is 6.22. The number of carbonyl (C=O) groups excluding carboxylic acids is 4. The summed E-state index contributed by atoms with van der Waals surface area (Å²) >= 11 is 0. The average molecular weight is 473 g/mol. The van der Waals surface area contributed by atoms with Crippen LogP contribution >= 0.6 is 0 Å². The summed E-state index contributed by atoms with van der Waals surface area (Å²) in [5.41, 5.74) is 3.46. The summed E-state index contributed by atoms with van der Waals surface area (Å²) in [5.74, 6) is -0.625. The molecule has 2 saturated heterocycles. The van der Waals surface area contributed by atoms with Crippen LogP contribution < -0.4 is 14.5 Å². The van der Waals surface area contributed by atoms with Crippen LogP contribution in [0.15, 0.2) is 42.5 Å². The van der Waals surface area contributed by atoms with Gasteiger partial charge in [-0.1, -0.05) is 12.1 Å². The van der Waals surface area contributed by atoms with Crippen molar-refractivity contribution in [2.45, 2.75) is 39.5 Å². The van der Waals surface area contributed by atoms with Crippen molar-refractivity contribution in [3.63, 3.8) is 0 Å². The molecular weight excluding hydrogens is 444 g/mol. The van der Waals surface area contributed by atoms with Crippen molar-refractivity contribution in [2.24, 2.45) is 29.6 Å². The number of aryl methyl sites for hydroxylation is 1. The van der Waals surface area contributed by atoms with Gasteiger partial charge in [0, 0.05) is 18.7 Å². The van der Waals surface area contributed by atoms with Crippen LogP contribution in [0.3, 0.4) is 0 Å². The van der Waals surface area contributed by atoms with E-state index in [0.29, 0.717) is 23.3 Å². The second kappa shape index (κ2) is 8.04. The SMILES string of the molecule is Cc1cccc(N2C[C@H](C(=O)Oc3ccc(N4C(=O)[C@@H]5[C@H]6CC[C@@H](C6)[C@@H]5C4=O)cc3)CC2=O)c1C. The second-order valence-corrected chi connectivity index (χ2v) is 10.4. The van der Waals surface area contributed by atoms with Gasteiger partial charge in [-0.05, 0) is 86.4 Å². The topological polar surface area (TPSA) is 84.0 Å². The minimum Gasteiger partial charge on any atom is -0.426 e. The molecule has 4 fully saturated rings. The van der Waals surface area contributed by atoms with Crippen molar-refractivity contribution in [3.8, 4) is 5.75 Å². The molecule has 5 atom stereocenters. The van der Waals surface area contributed by atoms with Crippen LogP contribution in [0.4, 0.5) is 11.4 Å². The molecule has 0 spiro atoms. The summed E-state index contributed by atoms with van der Waals surface area (Å²) in [6, 6.07) is 12.3. The van der Waals surface area contributed by atoms with Gasteiger partial charge in [-0.3, -0.25) is 24.1 Å². The Morgan fingerprint density at radius 2 is 1.57 bits per heavy atom. The van der Waals surface area contributed by atoms with E-state index in [1.54, 1.807) is 29.2 Å². The van der Waals surface area contributed by atoms with E-state index in [0.717, 1.165) is 36.1 Å². The highest BCUT2D eigenvalue weighted by atomic mass is 16.5. The van der Waals surface area contributed by atoms with Crippen molar-refractivity contribution in [2.75, 3.05) is 16.3 Å². The minimum atomic E-state index is -0.557. The zero-order valence-electron chi connectivity index (χ0n) is 19.9. The molecule has 7 nitrogen and oxygen atoms in total. The summed E-state index contributed by atoms with van der Waals surface area (Å²) in [6.45, 7) is 4.25. The van der Waals surface area contributed by atoms with Gasteiger partial charge in [0.2, 0.25) is 17.7 Å². The zero-order chi connectivity index (χ0) is 24.4. The van der Waals surface area contributed by atoms with Gasteiger partial charge in [0.05, 0.1) is 23.4 Å². The van der Waals surface area contributed by atoms with Crippen LogP contribution in [0, 0.1) is 43.4 Å². The molecule has 4 aliphatic rings. The summed E-state index contributed by atoms with van der Waals surface area (Å²) in [5, 5.41) is 0. The predicted molar refractivity (Wildman–Crippen MR) is 129 cm³/mol. The normalized spacial score (nSPS) is 29.3. The molecule has 2 aliphatic carbocycles. The summed E-state index contributed by atoms with van der Waals surface area (Å²) in [4.78, 5) is 54.5. The Bertz CT molecular complexity index is 1220. The molecule has 35 heavy (non-hydrogen) atoms. The minimum absolute atomic E-state index is 0.0899. The van der Waals surface area contributed by atoms with Gasteiger partial charge in [-0.2, -0.15) is 0 Å². The maximum absolute atomic E-state index is 13.0. The molecule has 3 amide bonds. The predicted octanol–water partition coefficient (Wildman–Crippen LogP) is 3.80. The molecule has 0 radical (unpaired) electrons. The fraction of sp³-hybridized carbons (Fsp3) is 0.429. The number of nitrogens with zero attached hydrogens (tertiary/aromatic N) is 2. The van der Waals surface area contributed by atoms with Crippen molar-refractivity contribution >= 4 is 35.1 Å². The van der Waals surface area contributed by atoms with Crippen LogP contribution in [0.5, 0.6) is 5.75 Å². The number of ether oxygens (including phenoxy) is 1. The molecular formula is C28H28N2O5. The Balaban J connectivity index is 1.13. The molecule has 2 aromatic carbocycles. The van der Waals surface area contributed by atoms with E-state index in [-0.39, 0.29) is 42.5 Å². The van der Waals surface area contributed by atoms with E-state index < -0.39 is 11.9 Å². The first-order chi connectivity index (χ1) is 16.8. The third-order valence-corrected chi connectivity index (χ3v) is 8.57. The number of hydrogen-bond acceptors (Lipinski definition) is 5. The molecule has 2 heterocycles. The van der Waals surface area contributed by atoms with Crippen molar-refractivity contribution in [3.05, 3.63) is 53.6 Å². The number of esters is 1. The van der Waals surface area contributed by atoms with E-state index in [9.17, 15) is 19.2 Å². The van der Waals surface area contributed by atoms with Crippen LogP contribution in [-0.4, -0.2) is 30.2 Å². The van der Waals surface area contributed by atoms with Gasteiger partial charge in [0.15, 0.2) is 0 Å². The maximum atomic E-state index is 13.0. The number of benzene rings is 2. The maximum Gasteiger partial charge on any atom is 0.316 e. The highest BCUT2D eigenvalue weighted by Gasteiger charge is 2.61. The van der Waals surface area contributed by atoms with Crippen molar-refractivity contribution in [1.29, 1.82) is 0 Å². The molecule has 180 valence electrons. The smallest absolute Gasteiger partial charge is 0.316 e. The van der Waals surface area contributed by atoms with Crippen molar-refractivity contribution < 1.29 is 23.9 Å². The average Bonchev–Trinajstić information content (AvgIpc) is 3.60. The lowest BCUT2D eigenvalue weighted by atomic mass is 9.81. The van der Waals surface area contributed by atoms with Crippen LogP contribution in [0.1, 0.15) is 36.8 Å². The van der Waals surface area contributed by atoms with Crippen LogP contribution in [0.25, 0.3) is 0 Å². The van der Waals surface area contributed by atoms with Gasteiger partial charge in [0.25, 0.3) is 0 Å². The van der Waals surface area contributed by atoms with E-state index in [2.05, 4.69) is 0 Å². The third kappa shape index (κ3) is 3.39. The molecule has 0 aromatic heterocycles. The number of imide groups is 1. The van der Waals surface area contributed by atoms with Gasteiger partial charge >= 0.3 is 5.97 Å². The fourth-order valence-corrected chi connectivity index (χ4v) is 6.65. The van der Waals surface area contributed by atoms with E-state index in [4.69, 9.17) is 4.74 Å². The molecule has 6 rings (SSSR count). The monoisotopic (exact) mass is 472 g/mol.